The van der Waals surface area contributed by atoms with Gasteiger partial charge in [0.2, 0.25) is 0 Å². The molecule has 4 heteroatoms. The van der Waals surface area contributed by atoms with Crippen LogP contribution in [0.4, 0.5) is 5.69 Å². The van der Waals surface area contributed by atoms with Gasteiger partial charge in [0.15, 0.2) is 11.5 Å². The van der Waals surface area contributed by atoms with Crippen LogP contribution in [0.3, 0.4) is 0 Å². The molecule has 0 saturated heterocycles. The number of benzene rings is 1. The van der Waals surface area contributed by atoms with Crippen LogP contribution < -0.4 is 20.9 Å². The van der Waals surface area contributed by atoms with Gasteiger partial charge >= 0.3 is 0 Å². The van der Waals surface area contributed by atoms with Gasteiger partial charge in [0.25, 0.3) is 0 Å². The SMILES string of the molecule is C=C1C=C2Oc3ccccc3N(CC)C2=C(NN)C1. The van der Waals surface area contributed by atoms with Crippen molar-refractivity contribution in [2.24, 2.45) is 5.84 Å². The second-order valence-corrected chi connectivity index (χ2v) is 4.63. The normalized spacial score (nSPS) is 17.5. The van der Waals surface area contributed by atoms with E-state index < -0.39 is 0 Å². The Morgan fingerprint density at radius 3 is 2.95 bits per heavy atom. The fourth-order valence-corrected chi connectivity index (χ4v) is 2.59. The molecule has 4 nitrogen and oxygen atoms in total. The van der Waals surface area contributed by atoms with E-state index in [9.17, 15) is 0 Å². The predicted octanol–water partition coefficient (Wildman–Crippen LogP) is 2.42. The number of likely N-dealkylation sites (N-methyl/N-ethyl adjacent to an activating group) is 1. The Kier molecular flexibility index (Phi) is 2.80. The number of anilines is 1. The second-order valence-electron chi connectivity index (χ2n) is 4.63. The minimum absolute atomic E-state index is 0.720. The van der Waals surface area contributed by atoms with Gasteiger partial charge in [-0.3, -0.25) is 5.84 Å². The van der Waals surface area contributed by atoms with Gasteiger partial charge in [0.1, 0.15) is 5.70 Å². The van der Waals surface area contributed by atoms with Crippen molar-refractivity contribution in [2.45, 2.75) is 13.3 Å². The first-order chi connectivity index (χ1) is 9.24. The molecule has 3 N–H and O–H groups in total. The summed E-state index contributed by atoms with van der Waals surface area (Å²) in [4.78, 5) is 2.21. The standard InChI is InChI=1S/C15H17N3O/c1-3-18-12-6-4-5-7-13(12)19-14-9-10(2)8-11(17-16)15(14)18/h4-7,9,17H,2-3,8,16H2,1H3. The quantitative estimate of drug-likeness (QED) is 0.629. The molecule has 1 aliphatic carbocycles. The maximum atomic E-state index is 5.98. The average molecular weight is 255 g/mol. The molecule has 2 aliphatic rings. The molecule has 19 heavy (non-hydrogen) atoms. The number of ether oxygens (including phenoxy) is 1. The van der Waals surface area contributed by atoms with Crippen molar-refractivity contribution in [3.8, 4) is 5.75 Å². The van der Waals surface area contributed by atoms with Crippen molar-refractivity contribution in [2.75, 3.05) is 11.4 Å². The number of nitrogens with zero attached hydrogens (tertiary/aromatic N) is 1. The van der Waals surface area contributed by atoms with Crippen LogP contribution in [0.2, 0.25) is 0 Å². The van der Waals surface area contributed by atoms with Crippen LogP contribution in [0, 0.1) is 0 Å². The van der Waals surface area contributed by atoms with E-state index in [0.717, 1.165) is 47.1 Å². The van der Waals surface area contributed by atoms with Crippen molar-refractivity contribution in [1.29, 1.82) is 0 Å². The first kappa shape index (κ1) is 11.9. The molecule has 1 aliphatic heterocycles. The molecule has 0 saturated carbocycles. The Hall–Kier alpha value is -2.20. The van der Waals surface area contributed by atoms with Crippen molar-refractivity contribution in [1.82, 2.24) is 5.43 Å². The van der Waals surface area contributed by atoms with Crippen LogP contribution in [-0.4, -0.2) is 6.54 Å². The largest absolute Gasteiger partial charge is 0.453 e. The lowest BCUT2D eigenvalue weighted by Gasteiger charge is -2.37. The molecule has 1 aromatic carbocycles. The highest BCUT2D eigenvalue weighted by Crippen LogP contribution is 2.42. The second kappa shape index (κ2) is 4.48. The smallest absolute Gasteiger partial charge is 0.153 e. The number of hydrazine groups is 1. The Bertz CT molecular complexity index is 601. The van der Waals surface area contributed by atoms with Crippen molar-refractivity contribution >= 4 is 5.69 Å². The van der Waals surface area contributed by atoms with Crippen LogP contribution in [0.15, 0.2) is 59.6 Å². The number of fused-ring (bicyclic) bond motifs is 2. The molecular weight excluding hydrogens is 238 g/mol. The van der Waals surface area contributed by atoms with Gasteiger partial charge in [-0.25, -0.2) is 0 Å². The number of rotatable bonds is 2. The summed E-state index contributed by atoms with van der Waals surface area (Å²) >= 11 is 0. The number of hydrogen-bond donors (Lipinski definition) is 2. The van der Waals surface area contributed by atoms with E-state index in [1.54, 1.807) is 0 Å². The molecular formula is C15H17N3O. The van der Waals surface area contributed by atoms with E-state index >= 15 is 0 Å². The highest BCUT2D eigenvalue weighted by Gasteiger charge is 2.30. The van der Waals surface area contributed by atoms with E-state index in [2.05, 4.69) is 29.9 Å². The van der Waals surface area contributed by atoms with Crippen molar-refractivity contribution in [3.05, 3.63) is 59.6 Å². The molecule has 98 valence electrons. The van der Waals surface area contributed by atoms with E-state index in [4.69, 9.17) is 10.6 Å². The number of para-hydroxylation sites is 2. The molecule has 0 amide bonds. The first-order valence-electron chi connectivity index (χ1n) is 6.38. The third-order valence-electron chi connectivity index (χ3n) is 3.39. The lowest BCUT2D eigenvalue weighted by atomic mass is 10.00. The lowest BCUT2D eigenvalue weighted by Crippen LogP contribution is -2.36. The van der Waals surface area contributed by atoms with Gasteiger partial charge in [0.05, 0.1) is 11.4 Å². The lowest BCUT2D eigenvalue weighted by molar-refractivity contribution is 0.412. The van der Waals surface area contributed by atoms with E-state index in [1.807, 2.05) is 24.3 Å². The van der Waals surface area contributed by atoms with Crippen LogP contribution in [0.5, 0.6) is 5.75 Å². The number of nitrogens with one attached hydrogen (secondary N) is 1. The van der Waals surface area contributed by atoms with Crippen LogP contribution in [-0.2, 0) is 0 Å². The Morgan fingerprint density at radius 2 is 2.21 bits per heavy atom. The maximum absolute atomic E-state index is 5.98. The fraction of sp³-hybridized carbons (Fsp3) is 0.200. The van der Waals surface area contributed by atoms with Gasteiger partial charge in [-0.2, -0.15) is 0 Å². The maximum Gasteiger partial charge on any atom is 0.153 e. The molecule has 0 spiro atoms. The molecule has 1 heterocycles. The number of allylic oxidation sites excluding steroid dienone is 2. The molecule has 1 aromatic rings. The monoisotopic (exact) mass is 255 g/mol. The van der Waals surface area contributed by atoms with Crippen LogP contribution in [0.25, 0.3) is 0 Å². The summed E-state index contributed by atoms with van der Waals surface area (Å²) in [6, 6.07) is 8.02. The number of nitrogens with two attached hydrogens (primary N) is 1. The average Bonchev–Trinajstić information content (AvgIpc) is 2.43. The predicted molar refractivity (Wildman–Crippen MR) is 76.3 cm³/mol. The summed E-state index contributed by atoms with van der Waals surface area (Å²) < 4.78 is 5.98. The zero-order valence-corrected chi connectivity index (χ0v) is 10.9. The Balaban J connectivity index is 2.20. The molecule has 0 bridgehead atoms. The third-order valence-corrected chi connectivity index (χ3v) is 3.39. The van der Waals surface area contributed by atoms with Gasteiger partial charge in [-0.05, 0) is 30.7 Å². The summed E-state index contributed by atoms with van der Waals surface area (Å²) in [7, 11) is 0. The van der Waals surface area contributed by atoms with Crippen molar-refractivity contribution in [3.63, 3.8) is 0 Å². The van der Waals surface area contributed by atoms with Gasteiger partial charge in [-0.1, -0.05) is 18.7 Å². The Morgan fingerprint density at radius 1 is 1.42 bits per heavy atom. The van der Waals surface area contributed by atoms with Crippen LogP contribution in [0.1, 0.15) is 13.3 Å². The summed E-state index contributed by atoms with van der Waals surface area (Å²) in [5, 5.41) is 0. The molecule has 0 atom stereocenters. The zero-order chi connectivity index (χ0) is 13.4. The zero-order valence-electron chi connectivity index (χ0n) is 10.9. The highest BCUT2D eigenvalue weighted by molar-refractivity contribution is 5.70. The molecule has 0 radical (unpaired) electrons. The summed E-state index contributed by atoms with van der Waals surface area (Å²) in [5.74, 6) is 7.33. The summed E-state index contributed by atoms with van der Waals surface area (Å²) in [6.45, 7) is 6.97. The Labute approximate surface area is 112 Å². The molecule has 0 unspecified atom stereocenters. The van der Waals surface area contributed by atoms with Gasteiger partial charge in [-0.15, -0.1) is 0 Å². The molecule has 0 fully saturated rings. The number of hydrogen-bond acceptors (Lipinski definition) is 4. The van der Waals surface area contributed by atoms with E-state index in [0.29, 0.717) is 0 Å². The first-order valence-corrected chi connectivity index (χ1v) is 6.38. The summed E-state index contributed by atoms with van der Waals surface area (Å²) in [6.07, 6.45) is 2.70. The highest BCUT2D eigenvalue weighted by atomic mass is 16.5. The van der Waals surface area contributed by atoms with Crippen molar-refractivity contribution < 1.29 is 4.74 Å². The molecule has 3 rings (SSSR count). The minimum atomic E-state index is 0.720. The van der Waals surface area contributed by atoms with E-state index in [1.165, 1.54) is 0 Å². The van der Waals surface area contributed by atoms with Crippen LogP contribution >= 0.6 is 0 Å². The molecule has 0 aromatic heterocycles. The third kappa shape index (κ3) is 1.81. The fourth-order valence-electron chi connectivity index (χ4n) is 2.59. The van der Waals surface area contributed by atoms with E-state index in [-0.39, 0.29) is 0 Å². The van der Waals surface area contributed by atoms with Gasteiger partial charge in [0, 0.05) is 13.0 Å². The topological polar surface area (TPSA) is 50.5 Å². The summed E-state index contributed by atoms with van der Waals surface area (Å²) in [5.41, 5.74) is 6.79. The van der Waals surface area contributed by atoms with Gasteiger partial charge < -0.3 is 15.1 Å². The minimum Gasteiger partial charge on any atom is -0.453 e.